The fraction of sp³-hybridized carbons (Fsp3) is 0.160. The summed E-state index contributed by atoms with van der Waals surface area (Å²) in [6.07, 6.45) is 1.02. The summed E-state index contributed by atoms with van der Waals surface area (Å²) in [5, 5.41) is 0. The van der Waals surface area contributed by atoms with Crippen LogP contribution >= 0.6 is 0 Å². The first kappa shape index (κ1) is 19.1. The van der Waals surface area contributed by atoms with Crippen molar-refractivity contribution in [1.29, 1.82) is 0 Å². The summed E-state index contributed by atoms with van der Waals surface area (Å²) >= 11 is 0. The minimum atomic E-state index is -0.451. The zero-order valence-electron chi connectivity index (χ0n) is 16.9. The molecule has 0 unspecified atom stereocenters. The molecule has 3 aromatic carbocycles. The van der Waals surface area contributed by atoms with Gasteiger partial charge >= 0.3 is 5.97 Å². The molecule has 0 saturated heterocycles. The van der Waals surface area contributed by atoms with Crippen LogP contribution in [0.15, 0.2) is 72.8 Å². The van der Waals surface area contributed by atoms with Crippen molar-refractivity contribution in [3.63, 3.8) is 0 Å². The molecule has 1 aliphatic rings. The number of para-hydroxylation sites is 1. The Bertz CT molecular complexity index is 1260. The molecule has 6 heteroatoms. The molecule has 0 atom stereocenters. The number of hydrogen-bond acceptors (Lipinski definition) is 4. The number of ether oxygens (including phenoxy) is 1. The molecule has 0 radical (unpaired) electrons. The van der Waals surface area contributed by atoms with Crippen LogP contribution in [0.4, 0.5) is 5.69 Å². The van der Waals surface area contributed by atoms with E-state index >= 15 is 0 Å². The number of H-pyrrole nitrogens is 1. The van der Waals surface area contributed by atoms with E-state index in [0.29, 0.717) is 12.1 Å². The van der Waals surface area contributed by atoms with Gasteiger partial charge in [0.25, 0.3) is 0 Å². The summed E-state index contributed by atoms with van der Waals surface area (Å²) in [6, 6.07) is 22.9. The largest absolute Gasteiger partial charge is 0.462 e. The second kappa shape index (κ2) is 8.07. The van der Waals surface area contributed by atoms with Gasteiger partial charge in [-0.2, -0.15) is 0 Å². The summed E-state index contributed by atoms with van der Waals surface area (Å²) < 4.78 is 5.37. The van der Waals surface area contributed by atoms with Gasteiger partial charge in [0.05, 0.1) is 23.0 Å². The maximum absolute atomic E-state index is 12.6. The average Bonchev–Trinajstić information content (AvgIpc) is 3.43. The fourth-order valence-corrected chi connectivity index (χ4v) is 3.92. The van der Waals surface area contributed by atoms with Gasteiger partial charge in [-0.25, -0.2) is 9.78 Å². The quantitative estimate of drug-likeness (QED) is 0.495. The number of fused-ring (bicyclic) bond motifs is 2. The molecule has 0 spiro atoms. The maximum atomic E-state index is 12.6. The molecule has 1 N–H and O–H groups in total. The second-order valence-corrected chi connectivity index (χ2v) is 7.49. The third kappa shape index (κ3) is 3.80. The summed E-state index contributed by atoms with van der Waals surface area (Å²) in [6.45, 7) is 0.721. The molecule has 154 valence electrons. The molecule has 2 heterocycles. The minimum Gasteiger partial charge on any atom is -0.462 e. The molecule has 1 aromatic heterocycles. The number of aromatic amines is 1. The molecular weight excluding hydrogens is 390 g/mol. The highest BCUT2D eigenvalue weighted by Crippen LogP contribution is 2.28. The molecular formula is C25H21N3O3. The van der Waals surface area contributed by atoms with Crippen molar-refractivity contribution in [2.75, 3.05) is 18.1 Å². The Hall–Kier alpha value is -3.93. The number of anilines is 1. The number of nitrogens with zero attached hydrogens (tertiary/aromatic N) is 2. The van der Waals surface area contributed by atoms with Crippen LogP contribution < -0.4 is 4.90 Å². The van der Waals surface area contributed by atoms with Crippen molar-refractivity contribution in [3.05, 3.63) is 83.9 Å². The number of esters is 1. The zero-order valence-corrected chi connectivity index (χ0v) is 16.9. The standard InChI is InChI=1S/C25H21N3O3/c29-23(28-14-12-17-6-4-5-9-22(17)28)13-15-31-25(30)19-10-11-20-21(16-19)27-24(26-20)18-7-2-1-3-8-18/h1-11,16H,12-15H2,(H,26,27). The lowest BCUT2D eigenvalue weighted by Crippen LogP contribution is -2.29. The number of carbonyl (C=O) groups excluding carboxylic acids is 2. The van der Waals surface area contributed by atoms with Crippen LogP contribution in [-0.4, -0.2) is 35.0 Å². The van der Waals surface area contributed by atoms with Crippen molar-refractivity contribution in [2.45, 2.75) is 12.8 Å². The number of amides is 1. The van der Waals surface area contributed by atoms with E-state index < -0.39 is 5.97 Å². The van der Waals surface area contributed by atoms with Gasteiger partial charge in [0.1, 0.15) is 12.4 Å². The Labute approximate surface area is 179 Å². The molecule has 0 aliphatic carbocycles. The second-order valence-electron chi connectivity index (χ2n) is 7.49. The summed E-state index contributed by atoms with van der Waals surface area (Å²) in [7, 11) is 0. The van der Waals surface area contributed by atoms with Crippen LogP contribution in [0.2, 0.25) is 0 Å². The van der Waals surface area contributed by atoms with E-state index in [4.69, 9.17) is 4.74 Å². The lowest BCUT2D eigenvalue weighted by molar-refractivity contribution is -0.119. The van der Waals surface area contributed by atoms with Gasteiger partial charge in [-0.15, -0.1) is 0 Å². The van der Waals surface area contributed by atoms with E-state index in [-0.39, 0.29) is 18.9 Å². The molecule has 0 fully saturated rings. The fourth-order valence-electron chi connectivity index (χ4n) is 3.92. The van der Waals surface area contributed by atoms with Gasteiger partial charge in [-0.1, -0.05) is 48.5 Å². The summed E-state index contributed by atoms with van der Waals surface area (Å²) in [4.78, 5) is 34.6. The van der Waals surface area contributed by atoms with Crippen LogP contribution in [0.3, 0.4) is 0 Å². The van der Waals surface area contributed by atoms with Crippen molar-refractivity contribution < 1.29 is 14.3 Å². The van der Waals surface area contributed by atoms with Gasteiger partial charge in [0.15, 0.2) is 0 Å². The van der Waals surface area contributed by atoms with Crippen LogP contribution in [0, 0.1) is 0 Å². The number of hydrogen-bond donors (Lipinski definition) is 1. The Morgan fingerprint density at radius 2 is 1.81 bits per heavy atom. The van der Waals surface area contributed by atoms with Gasteiger partial charge in [-0.05, 0) is 36.2 Å². The molecule has 31 heavy (non-hydrogen) atoms. The van der Waals surface area contributed by atoms with Crippen molar-refractivity contribution in [3.8, 4) is 11.4 Å². The SMILES string of the molecule is O=C(OCCC(=O)N1CCc2ccccc21)c1ccc2nc(-c3ccccc3)[nH]c2c1. The summed E-state index contributed by atoms with van der Waals surface area (Å²) in [5.74, 6) is 0.263. The van der Waals surface area contributed by atoms with Gasteiger partial charge in [0, 0.05) is 17.8 Å². The van der Waals surface area contributed by atoms with E-state index in [2.05, 4.69) is 9.97 Å². The molecule has 0 saturated carbocycles. The van der Waals surface area contributed by atoms with Crippen LogP contribution in [-0.2, 0) is 16.0 Å². The molecule has 1 amide bonds. The van der Waals surface area contributed by atoms with E-state index in [1.54, 1.807) is 23.1 Å². The number of imidazole rings is 1. The van der Waals surface area contributed by atoms with Crippen LogP contribution in [0.1, 0.15) is 22.3 Å². The third-order valence-electron chi connectivity index (χ3n) is 5.50. The highest BCUT2D eigenvalue weighted by molar-refractivity contribution is 5.96. The number of benzene rings is 3. The predicted molar refractivity (Wildman–Crippen MR) is 119 cm³/mol. The van der Waals surface area contributed by atoms with E-state index in [0.717, 1.165) is 34.5 Å². The van der Waals surface area contributed by atoms with Crippen molar-refractivity contribution >= 4 is 28.6 Å². The first-order chi connectivity index (χ1) is 15.2. The van der Waals surface area contributed by atoms with Gasteiger partial charge in [-0.3, -0.25) is 4.79 Å². The summed E-state index contributed by atoms with van der Waals surface area (Å²) in [5.41, 5.74) is 5.07. The van der Waals surface area contributed by atoms with Gasteiger partial charge < -0.3 is 14.6 Å². The van der Waals surface area contributed by atoms with E-state index in [9.17, 15) is 9.59 Å². The monoisotopic (exact) mass is 411 g/mol. The van der Waals surface area contributed by atoms with Crippen molar-refractivity contribution in [2.24, 2.45) is 0 Å². The smallest absolute Gasteiger partial charge is 0.338 e. The zero-order chi connectivity index (χ0) is 21.2. The molecule has 1 aliphatic heterocycles. The first-order valence-electron chi connectivity index (χ1n) is 10.3. The average molecular weight is 411 g/mol. The first-order valence-corrected chi connectivity index (χ1v) is 10.3. The molecule has 0 bridgehead atoms. The van der Waals surface area contributed by atoms with E-state index in [1.165, 1.54) is 5.56 Å². The molecule has 5 rings (SSSR count). The Kier molecular flexibility index (Phi) is 4.96. The lowest BCUT2D eigenvalue weighted by atomic mass is 10.2. The Morgan fingerprint density at radius 3 is 2.68 bits per heavy atom. The number of aromatic nitrogens is 2. The Balaban J connectivity index is 1.22. The predicted octanol–water partition coefficient (Wildman–Crippen LogP) is 4.37. The molecule has 6 nitrogen and oxygen atoms in total. The third-order valence-corrected chi connectivity index (χ3v) is 5.50. The normalized spacial score (nSPS) is 12.7. The highest BCUT2D eigenvalue weighted by atomic mass is 16.5. The maximum Gasteiger partial charge on any atom is 0.338 e. The van der Waals surface area contributed by atoms with Crippen LogP contribution in [0.5, 0.6) is 0 Å². The molecule has 4 aromatic rings. The van der Waals surface area contributed by atoms with Crippen molar-refractivity contribution in [1.82, 2.24) is 9.97 Å². The highest BCUT2D eigenvalue weighted by Gasteiger charge is 2.24. The van der Waals surface area contributed by atoms with Gasteiger partial charge in [0.2, 0.25) is 5.91 Å². The van der Waals surface area contributed by atoms with E-state index in [1.807, 2.05) is 54.6 Å². The van der Waals surface area contributed by atoms with Crippen LogP contribution in [0.25, 0.3) is 22.4 Å². The topological polar surface area (TPSA) is 75.3 Å². The minimum absolute atomic E-state index is 0.0331. The number of carbonyl (C=O) groups is 2. The lowest BCUT2D eigenvalue weighted by Gasteiger charge is -2.17. The number of rotatable bonds is 5. The Morgan fingerprint density at radius 1 is 1.00 bits per heavy atom. The number of nitrogens with one attached hydrogen (secondary N) is 1.